The highest BCUT2D eigenvalue weighted by molar-refractivity contribution is 6.06. The molecule has 3 aromatic rings. The second-order valence-corrected chi connectivity index (χ2v) is 5.18. The Morgan fingerprint density at radius 3 is 2.48 bits per heavy atom. The molecule has 4 heteroatoms. The zero-order valence-corrected chi connectivity index (χ0v) is 12.4. The maximum Gasteiger partial charge on any atom is 0.185 e. The summed E-state index contributed by atoms with van der Waals surface area (Å²) in [6.45, 7) is 0.762. The Hall–Kier alpha value is -3.01. The summed E-state index contributed by atoms with van der Waals surface area (Å²) < 4.78 is 14.8. The molecule has 3 nitrogen and oxygen atoms in total. The van der Waals surface area contributed by atoms with Crippen LogP contribution in [0.25, 0.3) is 6.08 Å². The van der Waals surface area contributed by atoms with Crippen molar-refractivity contribution >= 4 is 11.9 Å². The Labute approximate surface area is 133 Å². The molecule has 0 saturated heterocycles. The molecular weight excluding hydrogens is 291 g/mol. The summed E-state index contributed by atoms with van der Waals surface area (Å²) in [7, 11) is 0. The molecule has 114 valence electrons. The van der Waals surface area contributed by atoms with Crippen LogP contribution in [0.3, 0.4) is 0 Å². The molecule has 0 radical (unpaired) electrons. The standard InChI is InChI=1S/C19H15FN2O/c20-18-8-6-17(7-9-18)19(23)10-5-15-1-3-16(4-2-15)13-22-12-11-21-14-22/h1-12,14H,13H2/b10-5+. The van der Waals surface area contributed by atoms with Crippen LogP contribution in [0, 0.1) is 5.82 Å². The molecule has 2 aromatic carbocycles. The van der Waals surface area contributed by atoms with Crippen LogP contribution >= 0.6 is 0 Å². The lowest BCUT2D eigenvalue weighted by Crippen LogP contribution is -1.96. The number of carbonyl (C=O) groups excluding carboxylic acids is 1. The number of rotatable bonds is 5. The molecular formula is C19H15FN2O. The van der Waals surface area contributed by atoms with Crippen LogP contribution in [0.2, 0.25) is 0 Å². The first-order valence-electron chi connectivity index (χ1n) is 7.23. The van der Waals surface area contributed by atoms with Gasteiger partial charge in [-0.2, -0.15) is 0 Å². The van der Waals surface area contributed by atoms with Crippen molar-refractivity contribution < 1.29 is 9.18 Å². The van der Waals surface area contributed by atoms with Crippen LogP contribution in [0.15, 0.2) is 73.3 Å². The first-order valence-corrected chi connectivity index (χ1v) is 7.23. The number of hydrogen-bond donors (Lipinski definition) is 0. The number of halogens is 1. The van der Waals surface area contributed by atoms with Gasteiger partial charge in [-0.15, -0.1) is 0 Å². The van der Waals surface area contributed by atoms with Crippen LogP contribution in [-0.4, -0.2) is 15.3 Å². The Balaban J connectivity index is 1.65. The van der Waals surface area contributed by atoms with Gasteiger partial charge in [0, 0.05) is 24.5 Å². The average Bonchev–Trinajstić information content (AvgIpc) is 3.07. The van der Waals surface area contributed by atoms with Crippen molar-refractivity contribution in [2.75, 3.05) is 0 Å². The molecule has 1 heterocycles. The molecule has 23 heavy (non-hydrogen) atoms. The fourth-order valence-corrected chi connectivity index (χ4v) is 2.21. The number of hydrogen-bond acceptors (Lipinski definition) is 2. The summed E-state index contributed by atoms with van der Waals surface area (Å²) in [6, 6.07) is 13.5. The van der Waals surface area contributed by atoms with E-state index in [9.17, 15) is 9.18 Å². The number of imidazole rings is 1. The number of carbonyl (C=O) groups is 1. The summed E-state index contributed by atoms with van der Waals surface area (Å²) in [4.78, 5) is 16.0. The minimum atomic E-state index is -0.348. The van der Waals surface area contributed by atoms with E-state index in [0.717, 1.165) is 17.7 Å². The van der Waals surface area contributed by atoms with Gasteiger partial charge in [-0.3, -0.25) is 4.79 Å². The van der Waals surface area contributed by atoms with Crippen LogP contribution in [0.5, 0.6) is 0 Å². The van der Waals surface area contributed by atoms with Gasteiger partial charge in [0.05, 0.1) is 6.33 Å². The van der Waals surface area contributed by atoms with E-state index in [4.69, 9.17) is 0 Å². The van der Waals surface area contributed by atoms with Crippen molar-refractivity contribution in [1.82, 2.24) is 9.55 Å². The van der Waals surface area contributed by atoms with Gasteiger partial charge in [0.25, 0.3) is 0 Å². The maximum absolute atomic E-state index is 12.8. The molecule has 0 fully saturated rings. The molecule has 0 aliphatic heterocycles. The third kappa shape index (κ3) is 4.01. The van der Waals surface area contributed by atoms with E-state index in [2.05, 4.69) is 4.98 Å². The SMILES string of the molecule is O=C(/C=C/c1ccc(Cn2ccnc2)cc1)c1ccc(F)cc1. The van der Waals surface area contributed by atoms with Gasteiger partial charge in [-0.25, -0.2) is 9.37 Å². The Morgan fingerprint density at radius 2 is 1.83 bits per heavy atom. The molecule has 0 spiro atoms. The lowest BCUT2D eigenvalue weighted by atomic mass is 10.1. The molecule has 0 unspecified atom stereocenters. The minimum Gasteiger partial charge on any atom is -0.333 e. The van der Waals surface area contributed by atoms with Crippen LogP contribution in [-0.2, 0) is 6.54 Å². The summed E-state index contributed by atoms with van der Waals surface area (Å²) in [5, 5.41) is 0. The van der Waals surface area contributed by atoms with E-state index in [-0.39, 0.29) is 11.6 Å². The van der Waals surface area contributed by atoms with E-state index in [1.807, 2.05) is 35.0 Å². The second kappa shape index (κ2) is 6.83. The third-order valence-corrected chi connectivity index (χ3v) is 3.46. The quantitative estimate of drug-likeness (QED) is 0.528. The van der Waals surface area contributed by atoms with Crippen molar-refractivity contribution in [2.24, 2.45) is 0 Å². The molecule has 1 aromatic heterocycles. The highest BCUT2D eigenvalue weighted by atomic mass is 19.1. The molecule has 0 aliphatic carbocycles. The monoisotopic (exact) mass is 306 g/mol. The summed E-state index contributed by atoms with van der Waals surface area (Å²) >= 11 is 0. The fraction of sp³-hybridized carbons (Fsp3) is 0.0526. The van der Waals surface area contributed by atoms with Gasteiger partial charge in [-0.1, -0.05) is 30.3 Å². The highest BCUT2D eigenvalue weighted by Crippen LogP contribution is 2.10. The van der Waals surface area contributed by atoms with Crippen LogP contribution in [0.4, 0.5) is 4.39 Å². The van der Waals surface area contributed by atoms with E-state index >= 15 is 0 Å². The number of ketones is 1. The van der Waals surface area contributed by atoms with Gasteiger partial charge < -0.3 is 4.57 Å². The largest absolute Gasteiger partial charge is 0.333 e. The first kappa shape index (κ1) is 14.9. The molecule has 0 atom stereocenters. The lowest BCUT2D eigenvalue weighted by molar-refractivity contribution is 0.104. The highest BCUT2D eigenvalue weighted by Gasteiger charge is 2.01. The molecule has 0 saturated carbocycles. The van der Waals surface area contributed by atoms with Crippen molar-refractivity contribution in [3.63, 3.8) is 0 Å². The van der Waals surface area contributed by atoms with Crippen molar-refractivity contribution in [2.45, 2.75) is 6.54 Å². The number of allylic oxidation sites excluding steroid dienone is 1. The average molecular weight is 306 g/mol. The zero-order valence-electron chi connectivity index (χ0n) is 12.4. The van der Waals surface area contributed by atoms with Gasteiger partial charge in [0.1, 0.15) is 5.82 Å². The van der Waals surface area contributed by atoms with Crippen molar-refractivity contribution in [1.29, 1.82) is 0 Å². The van der Waals surface area contributed by atoms with Gasteiger partial charge in [0.2, 0.25) is 0 Å². The molecule has 0 aliphatic rings. The van der Waals surface area contributed by atoms with Crippen molar-refractivity contribution in [3.05, 3.63) is 95.8 Å². The third-order valence-electron chi connectivity index (χ3n) is 3.46. The summed E-state index contributed by atoms with van der Waals surface area (Å²) in [6.07, 6.45) is 8.69. The van der Waals surface area contributed by atoms with Crippen LogP contribution < -0.4 is 0 Å². The predicted molar refractivity (Wildman–Crippen MR) is 87.5 cm³/mol. The van der Waals surface area contributed by atoms with E-state index in [0.29, 0.717) is 5.56 Å². The van der Waals surface area contributed by atoms with Gasteiger partial charge in [-0.05, 0) is 41.5 Å². The molecule has 0 bridgehead atoms. The predicted octanol–water partition coefficient (Wildman–Crippen LogP) is 3.97. The zero-order chi connectivity index (χ0) is 16.1. The molecule has 0 N–H and O–H groups in total. The van der Waals surface area contributed by atoms with Gasteiger partial charge >= 0.3 is 0 Å². The smallest absolute Gasteiger partial charge is 0.185 e. The second-order valence-electron chi connectivity index (χ2n) is 5.18. The first-order chi connectivity index (χ1) is 11.2. The topological polar surface area (TPSA) is 34.9 Å². The number of nitrogens with zero attached hydrogens (tertiary/aromatic N) is 2. The Morgan fingerprint density at radius 1 is 1.09 bits per heavy atom. The maximum atomic E-state index is 12.8. The normalized spacial score (nSPS) is 11.0. The number of benzene rings is 2. The van der Waals surface area contributed by atoms with Gasteiger partial charge in [0.15, 0.2) is 5.78 Å². The van der Waals surface area contributed by atoms with Crippen molar-refractivity contribution in [3.8, 4) is 0 Å². The summed E-state index contributed by atoms with van der Waals surface area (Å²) in [5.41, 5.74) is 2.57. The Bertz CT molecular complexity index is 804. The minimum absolute atomic E-state index is 0.146. The van der Waals surface area contributed by atoms with Crippen LogP contribution in [0.1, 0.15) is 21.5 Å². The molecule has 3 rings (SSSR count). The van der Waals surface area contributed by atoms with E-state index in [1.54, 1.807) is 18.6 Å². The fourth-order valence-electron chi connectivity index (χ4n) is 2.21. The number of aromatic nitrogens is 2. The Kier molecular flexibility index (Phi) is 4.43. The summed E-state index contributed by atoms with van der Waals surface area (Å²) in [5.74, 6) is -0.494. The lowest BCUT2D eigenvalue weighted by Gasteiger charge is -2.03. The van der Waals surface area contributed by atoms with E-state index in [1.165, 1.54) is 30.3 Å². The van der Waals surface area contributed by atoms with E-state index < -0.39 is 0 Å². The molecule has 0 amide bonds.